The summed E-state index contributed by atoms with van der Waals surface area (Å²) in [5, 5.41) is 13.8. The van der Waals surface area contributed by atoms with E-state index in [1.165, 1.54) is 18.2 Å². The fourth-order valence-electron chi connectivity index (χ4n) is 1.53. The van der Waals surface area contributed by atoms with Crippen LogP contribution in [0.1, 0.15) is 6.92 Å². The molecule has 9 heteroatoms. The van der Waals surface area contributed by atoms with E-state index in [1.54, 1.807) is 7.05 Å². The first-order valence-electron chi connectivity index (χ1n) is 6.31. The largest absolute Gasteiger partial charge is 0.388 e. The Hall–Kier alpha value is -1.71. The first-order valence-corrected chi connectivity index (χ1v) is 7.79. The predicted molar refractivity (Wildman–Crippen MR) is 81.0 cm³/mol. The van der Waals surface area contributed by atoms with E-state index in [0.29, 0.717) is 5.69 Å². The van der Waals surface area contributed by atoms with Crippen LogP contribution in [0, 0.1) is 10.1 Å². The van der Waals surface area contributed by atoms with E-state index < -0.39 is 20.6 Å². The molecule has 1 rings (SSSR count). The maximum atomic E-state index is 12.3. The molecule has 1 aromatic rings. The molecule has 1 unspecified atom stereocenters. The molecule has 21 heavy (non-hydrogen) atoms. The lowest BCUT2D eigenvalue weighted by Gasteiger charge is -2.20. The van der Waals surface area contributed by atoms with Gasteiger partial charge in [0.05, 0.1) is 4.92 Å². The number of sulfonamides is 1. The normalized spacial score (nSPS) is 13.2. The van der Waals surface area contributed by atoms with Crippen molar-refractivity contribution in [3.63, 3.8) is 0 Å². The Kier molecular flexibility index (Phi) is 5.64. The molecule has 0 spiro atoms. The van der Waals surface area contributed by atoms with Gasteiger partial charge in [-0.05, 0) is 33.2 Å². The van der Waals surface area contributed by atoms with Gasteiger partial charge in [-0.3, -0.25) is 10.1 Å². The number of hydrogen-bond acceptors (Lipinski definition) is 6. The topological polar surface area (TPSA) is 105 Å². The highest BCUT2D eigenvalue weighted by molar-refractivity contribution is 7.89. The molecule has 1 aromatic carbocycles. The van der Waals surface area contributed by atoms with Crippen LogP contribution in [0.5, 0.6) is 0 Å². The van der Waals surface area contributed by atoms with E-state index in [4.69, 9.17) is 0 Å². The summed E-state index contributed by atoms with van der Waals surface area (Å²) in [6.07, 6.45) is 0. The number of nitrogens with one attached hydrogen (secondary N) is 2. The fourth-order valence-corrected chi connectivity index (χ4v) is 2.84. The third-order valence-corrected chi connectivity index (χ3v) is 4.64. The van der Waals surface area contributed by atoms with Crippen molar-refractivity contribution in [2.24, 2.45) is 0 Å². The molecule has 0 aliphatic carbocycles. The Morgan fingerprint density at radius 2 is 2.00 bits per heavy atom. The van der Waals surface area contributed by atoms with Crippen LogP contribution >= 0.6 is 0 Å². The van der Waals surface area contributed by atoms with Gasteiger partial charge in [0.2, 0.25) is 10.0 Å². The van der Waals surface area contributed by atoms with Crippen LogP contribution in [0.4, 0.5) is 11.4 Å². The Morgan fingerprint density at radius 1 is 1.38 bits per heavy atom. The summed E-state index contributed by atoms with van der Waals surface area (Å²) in [7, 11) is 1.30. The average molecular weight is 316 g/mol. The van der Waals surface area contributed by atoms with Gasteiger partial charge < -0.3 is 10.2 Å². The van der Waals surface area contributed by atoms with E-state index in [0.717, 1.165) is 0 Å². The monoisotopic (exact) mass is 316 g/mol. The third kappa shape index (κ3) is 4.38. The SMILES string of the molecule is CNc1ccc([N+](=O)[O-])c(S(=O)(=O)NCC(C)N(C)C)c1. The molecule has 0 aromatic heterocycles. The van der Waals surface area contributed by atoms with Gasteiger partial charge >= 0.3 is 0 Å². The van der Waals surface area contributed by atoms with Gasteiger partial charge in [0.1, 0.15) is 0 Å². The van der Waals surface area contributed by atoms with Crippen molar-refractivity contribution >= 4 is 21.4 Å². The number of nitro benzene ring substituents is 1. The van der Waals surface area contributed by atoms with Crippen molar-refractivity contribution in [2.75, 3.05) is 33.0 Å². The summed E-state index contributed by atoms with van der Waals surface area (Å²) in [6, 6.07) is 3.85. The summed E-state index contributed by atoms with van der Waals surface area (Å²) in [4.78, 5) is 11.8. The second kappa shape index (κ2) is 6.83. The van der Waals surface area contributed by atoms with E-state index in [2.05, 4.69) is 10.0 Å². The highest BCUT2D eigenvalue weighted by Gasteiger charge is 2.26. The lowest BCUT2D eigenvalue weighted by Crippen LogP contribution is -2.38. The van der Waals surface area contributed by atoms with E-state index in [9.17, 15) is 18.5 Å². The van der Waals surface area contributed by atoms with Gasteiger partial charge in [0.25, 0.3) is 5.69 Å². The first kappa shape index (κ1) is 17.3. The fraction of sp³-hybridized carbons (Fsp3) is 0.500. The molecule has 1 atom stereocenters. The number of hydrogen-bond donors (Lipinski definition) is 2. The van der Waals surface area contributed by atoms with Crippen molar-refractivity contribution < 1.29 is 13.3 Å². The summed E-state index contributed by atoms with van der Waals surface area (Å²) >= 11 is 0. The summed E-state index contributed by atoms with van der Waals surface area (Å²) < 4.78 is 27.0. The van der Waals surface area contributed by atoms with Gasteiger partial charge in [0, 0.05) is 31.4 Å². The van der Waals surface area contributed by atoms with Crippen molar-refractivity contribution in [3.05, 3.63) is 28.3 Å². The third-order valence-electron chi connectivity index (χ3n) is 3.19. The van der Waals surface area contributed by atoms with Gasteiger partial charge in [0.15, 0.2) is 4.90 Å². The molecular weight excluding hydrogens is 296 g/mol. The highest BCUT2D eigenvalue weighted by Crippen LogP contribution is 2.26. The van der Waals surface area contributed by atoms with Gasteiger partial charge in [-0.2, -0.15) is 0 Å². The Labute approximate surface area is 124 Å². The molecule has 0 heterocycles. The zero-order chi connectivity index (χ0) is 16.2. The number of nitro groups is 1. The zero-order valence-electron chi connectivity index (χ0n) is 12.5. The van der Waals surface area contributed by atoms with Crippen LogP contribution in [0.3, 0.4) is 0 Å². The van der Waals surface area contributed by atoms with E-state index in [-0.39, 0.29) is 17.5 Å². The number of anilines is 1. The molecule has 0 aliphatic heterocycles. The Morgan fingerprint density at radius 3 is 2.48 bits per heavy atom. The molecule has 118 valence electrons. The lowest BCUT2D eigenvalue weighted by atomic mass is 10.3. The number of benzene rings is 1. The maximum Gasteiger partial charge on any atom is 0.289 e. The molecule has 0 aliphatic rings. The molecule has 8 nitrogen and oxygen atoms in total. The quantitative estimate of drug-likeness (QED) is 0.571. The second-order valence-electron chi connectivity index (χ2n) is 4.85. The minimum Gasteiger partial charge on any atom is -0.388 e. The summed E-state index contributed by atoms with van der Waals surface area (Å²) in [6.45, 7) is 2.01. The minimum atomic E-state index is -3.96. The first-order chi connectivity index (χ1) is 9.69. The predicted octanol–water partition coefficient (Wildman–Crippen LogP) is 0.865. The van der Waals surface area contributed by atoms with Crippen molar-refractivity contribution in [3.8, 4) is 0 Å². The molecular formula is C12H20N4O4S. The lowest BCUT2D eigenvalue weighted by molar-refractivity contribution is -0.387. The van der Waals surface area contributed by atoms with Gasteiger partial charge in [-0.1, -0.05) is 0 Å². The van der Waals surface area contributed by atoms with Gasteiger partial charge in [-0.25, -0.2) is 13.1 Å². The zero-order valence-corrected chi connectivity index (χ0v) is 13.3. The number of likely N-dealkylation sites (N-methyl/N-ethyl adjacent to an activating group) is 1. The van der Waals surface area contributed by atoms with Crippen LogP contribution < -0.4 is 10.0 Å². The van der Waals surface area contributed by atoms with E-state index in [1.807, 2.05) is 25.9 Å². The van der Waals surface area contributed by atoms with Crippen molar-refractivity contribution in [2.45, 2.75) is 17.9 Å². The van der Waals surface area contributed by atoms with E-state index >= 15 is 0 Å². The van der Waals surface area contributed by atoms with Crippen LogP contribution in [-0.4, -0.2) is 52.0 Å². The second-order valence-corrected chi connectivity index (χ2v) is 6.59. The maximum absolute atomic E-state index is 12.3. The average Bonchev–Trinajstić information content (AvgIpc) is 2.43. The molecule has 0 fully saturated rings. The standard InChI is InChI=1S/C12H20N4O4S/c1-9(15(3)4)8-14-21(19,20)12-7-10(13-2)5-6-11(12)16(17)18/h5-7,9,13-14H,8H2,1-4H3. The molecule has 2 N–H and O–H groups in total. The Bertz CT molecular complexity index is 616. The van der Waals surface area contributed by atoms with Crippen LogP contribution in [-0.2, 0) is 10.0 Å². The summed E-state index contributed by atoms with van der Waals surface area (Å²) in [5.74, 6) is 0. The van der Waals surface area contributed by atoms with Crippen LogP contribution in [0.15, 0.2) is 23.1 Å². The summed E-state index contributed by atoms with van der Waals surface area (Å²) in [5.41, 5.74) is 0.0423. The molecule has 0 bridgehead atoms. The molecule has 0 saturated heterocycles. The Balaban J connectivity index is 3.14. The smallest absolute Gasteiger partial charge is 0.289 e. The minimum absolute atomic E-state index is 0.0358. The van der Waals surface area contributed by atoms with Crippen LogP contribution in [0.25, 0.3) is 0 Å². The molecule has 0 saturated carbocycles. The van der Waals surface area contributed by atoms with Crippen molar-refractivity contribution in [1.29, 1.82) is 0 Å². The van der Waals surface area contributed by atoms with Crippen LogP contribution in [0.2, 0.25) is 0 Å². The van der Waals surface area contributed by atoms with Gasteiger partial charge in [-0.15, -0.1) is 0 Å². The number of nitrogens with zero attached hydrogens (tertiary/aromatic N) is 2. The highest BCUT2D eigenvalue weighted by atomic mass is 32.2. The molecule has 0 amide bonds. The number of rotatable bonds is 7. The molecule has 0 radical (unpaired) electrons. The van der Waals surface area contributed by atoms with Crippen molar-refractivity contribution in [1.82, 2.24) is 9.62 Å².